The minimum Gasteiger partial charge on any atom is -0.407 e. The van der Waals surface area contributed by atoms with Crippen molar-refractivity contribution in [1.29, 1.82) is 0 Å². The highest BCUT2D eigenvalue weighted by Crippen LogP contribution is 2.37. The van der Waals surface area contributed by atoms with Gasteiger partial charge in [0, 0.05) is 5.92 Å². The first-order valence-corrected chi connectivity index (χ1v) is 9.22. The predicted octanol–water partition coefficient (Wildman–Crippen LogP) is 3.36. The fourth-order valence-electron chi connectivity index (χ4n) is 1.32. The molecule has 0 aliphatic heterocycles. The second-order valence-electron chi connectivity index (χ2n) is 6.37. The Morgan fingerprint density at radius 1 is 1.22 bits per heavy atom. The Balaban J connectivity index is 4.92. The van der Waals surface area contributed by atoms with Gasteiger partial charge in [-0.3, -0.25) is 4.79 Å². The molecule has 0 spiro atoms. The van der Waals surface area contributed by atoms with Gasteiger partial charge in [0.05, 0.1) is 0 Å². The second kappa shape index (κ2) is 6.43. The molecule has 3 nitrogen and oxygen atoms in total. The van der Waals surface area contributed by atoms with Gasteiger partial charge in [-0.1, -0.05) is 33.8 Å². The van der Waals surface area contributed by atoms with E-state index >= 15 is 0 Å². The highest BCUT2D eigenvalue weighted by atomic mass is 28.4. The van der Waals surface area contributed by atoms with E-state index in [-0.39, 0.29) is 11.0 Å². The Kier molecular flexibility index (Phi) is 6.17. The Labute approximate surface area is 112 Å². The molecule has 4 heteroatoms. The van der Waals surface area contributed by atoms with Crippen LogP contribution in [-0.4, -0.2) is 27.0 Å². The second-order valence-corrected chi connectivity index (χ2v) is 11.1. The van der Waals surface area contributed by atoms with Crippen molar-refractivity contribution in [3.05, 3.63) is 11.6 Å². The Morgan fingerprint density at radius 3 is 2.06 bits per heavy atom. The Morgan fingerprint density at radius 2 is 1.72 bits per heavy atom. The summed E-state index contributed by atoms with van der Waals surface area (Å²) in [6.07, 6.45) is 2.96. The van der Waals surface area contributed by atoms with E-state index in [0.29, 0.717) is 5.57 Å². The molecule has 0 saturated carbocycles. The topological polar surface area (TPSA) is 43.4 Å². The number of carbonyl (C=O) groups is 2. The van der Waals surface area contributed by atoms with Crippen molar-refractivity contribution in [3.63, 3.8) is 0 Å². The molecule has 0 aromatic carbocycles. The van der Waals surface area contributed by atoms with E-state index < -0.39 is 14.4 Å². The summed E-state index contributed by atoms with van der Waals surface area (Å²) in [4.78, 5) is 21.8. The van der Waals surface area contributed by atoms with Crippen LogP contribution in [0.1, 0.15) is 34.6 Å². The fourth-order valence-corrected chi connectivity index (χ4v) is 2.63. The number of rotatable bonds is 6. The minimum atomic E-state index is -1.96. The van der Waals surface area contributed by atoms with Crippen molar-refractivity contribution in [3.8, 4) is 0 Å². The van der Waals surface area contributed by atoms with Gasteiger partial charge in [-0.15, -0.1) is 0 Å². The maximum Gasteiger partial charge on any atom is 0.193 e. The average molecular weight is 270 g/mol. The van der Waals surface area contributed by atoms with Crippen LogP contribution in [0.25, 0.3) is 0 Å². The standard InChI is InChI=1S/C14H26O3Si/c1-11(9-15)8-12(2)13(10-16)17-18(6,7)14(3,4)5/h8-10,12-13H,1-7H3/b11-8+/t12-,13-/m1/s1. The van der Waals surface area contributed by atoms with Gasteiger partial charge >= 0.3 is 0 Å². The third kappa shape index (κ3) is 4.86. The molecule has 0 N–H and O–H groups in total. The molecule has 0 aromatic rings. The number of aldehydes is 2. The summed E-state index contributed by atoms with van der Waals surface area (Å²) >= 11 is 0. The zero-order valence-corrected chi connectivity index (χ0v) is 13.6. The van der Waals surface area contributed by atoms with Crippen LogP contribution < -0.4 is 0 Å². The van der Waals surface area contributed by atoms with E-state index in [0.717, 1.165) is 12.6 Å². The number of hydrogen-bond donors (Lipinski definition) is 0. The lowest BCUT2D eigenvalue weighted by Crippen LogP contribution is -2.45. The molecule has 104 valence electrons. The van der Waals surface area contributed by atoms with E-state index in [1.54, 1.807) is 13.0 Å². The summed E-state index contributed by atoms with van der Waals surface area (Å²) in [6.45, 7) is 14.3. The fraction of sp³-hybridized carbons (Fsp3) is 0.714. The van der Waals surface area contributed by atoms with E-state index in [4.69, 9.17) is 4.43 Å². The third-order valence-corrected chi connectivity index (χ3v) is 8.07. The zero-order chi connectivity index (χ0) is 14.6. The van der Waals surface area contributed by atoms with E-state index in [1.807, 2.05) is 6.92 Å². The molecule has 18 heavy (non-hydrogen) atoms. The van der Waals surface area contributed by atoms with Gasteiger partial charge in [0.15, 0.2) is 8.32 Å². The van der Waals surface area contributed by atoms with Crippen molar-refractivity contribution in [2.24, 2.45) is 5.92 Å². The molecule has 0 fully saturated rings. The lowest BCUT2D eigenvalue weighted by molar-refractivity contribution is -0.115. The highest BCUT2D eigenvalue weighted by Gasteiger charge is 2.39. The molecule has 0 unspecified atom stereocenters. The first kappa shape index (κ1) is 17.3. The van der Waals surface area contributed by atoms with Gasteiger partial charge in [0.2, 0.25) is 0 Å². The van der Waals surface area contributed by atoms with Gasteiger partial charge in [0.1, 0.15) is 18.7 Å². The lowest BCUT2D eigenvalue weighted by atomic mass is 10.0. The van der Waals surface area contributed by atoms with Crippen LogP contribution in [-0.2, 0) is 14.0 Å². The summed E-state index contributed by atoms with van der Waals surface area (Å²) in [7, 11) is -1.96. The summed E-state index contributed by atoms with van der Waals surface area (Å²) < 4.78 is 6.07. The average Bonchev–Trinajstić information content (AvgIpc) is 2.23. The van der Waals surface area contributed by atoms with Gasteiger partial charge in [-0.05, 0) is 30.6 Å². The van der Waals surface area contributed by atoms with Crippen LogP contribution in [0.5, 0.6) is 0 Å². The van der Waals surface area contributed by atoms with Crippen LogP contribution in [0.15, 0.2) is 11.6 Å². The summed E-state index contributed by atoms with van der Waals surface area (Å²) in [6, 6.07) is 0. The molecule has 0 saturated heterocycles. The molecule has 0 amide bonds. The van der Waals surface area contributed by atoms with E-state index in [9.17, 15) is 9.59 Å². The van der Waals surface area contributed by atoms with Crippen LogP contribution in [0.4, 0.5) is 0 Å². The van der Waals surface area contributed by atoms with Crippen LogP contribution in [0.2, 0.25) is 18.1 Å². The third-order valence-electron chi connectivity index (χ3n) is 3.60. The smallest absolute Gasteiger partial charge is 0.193 e. The summed E-state index contributed by atoms with van der Waals surface area (Å²) in [5, 5.41) is 0.0669. The van der Waals surface area contributed by atoms with Crippen LogP contribution in [0, 0.1) is 5.92 Å². The van der Waals surface area contributed by atoms with Gasteiger partial charge < -0.3 is 9.22 Å². The molecule has 0 aliphatic carbocycles. The van der Waals surface area contributed by atoms with Crippen molar-refractivity contribution in [1.82, 2.24) is 0 Å². The molecular weight excluding hydrogens is 244 g/mol. The lowest BCUT2D eigenvalue weighted by Gasteiger charge is -2.39. The highest BCUT2D eigenvalue weighted by molar-refractivity contribution is 6.74. The number of hydrogen-bond acceptors (Lipinski definition) is 3. The molecule has 0 bridgehead atoms. The molecular formula is C14H26O3Si. The number of allylic oxidation sites excluding steroid dienone is 1. The molecule has 0 aliphatic rings. The summed E-state index contributed by atoms with van der Waals surface area (Å²) in [5.74, 6) is -0.0816. The van der Waals surface area contributed by atoms with Crippen molar-refractivity contribution < 1.29 is 14.0 Å². The maximum absolute atomic E-state index is 11.2. The quantitative estimate of drug-likeness (QED) is 0.422. The first-order valence-electron chi connectivity index (χ1n) is 6.32. The Bertz CT molecular complexity index is 326. The molecule has 0 radical (unpaired) electrons. The monoisotopic (exact) mass is 270 g/mol. The minimum absolute atomic E-state index is 0.0669. The zero-order valence-electron chi connectivity index (χ0n) is 12.6. The van der Waals surface area contributed by atoms with Crippen LogP contribution >= 0.6 is 0 Å². The van der Waals surface area contributed by atoms with Gasteiger partial charge in [-0.2, -0.15) is 0 Å². The van der Waals surface area contributed by atoms with Gasteiger partial charge in [0.25, 0.3) is 0 Å². The van der Waals surface area contributed by atoms with E-state index in [1.165, 1.54) is 0 Å². The molecule has 2 atom stereocenters. The maximum atomic E-state index is 11.2. The van der Waals surface area contributed by atoms with Crippen molar-refractivity contribution in [2.75, 3.05) is 0 Å². The molecule has 0 rings (SSSR count). The Hall–Kier alpha value is -0.743. The number of carbonyl (C=O) groups excluding carboxylic acids is 2. The van der Waals surface area contributed by atoms with E-state index in [2.05, 4.69) is 33.9 Å². The normalized spacial score (nSPS) is 17.2. The van der Waals surface area contributed by atoms with Crippen molar-refractivity contribution in [2.45, 2.75) is 58.9 Å². The van der Waals surface area contributed by atoms with Crippen molar-refractivity contribution >= 4 is 20.9 Å². The molecule has 0 aromatic heterocycles. The molecule has 0 heterocycles. The first-order chi connectivity index (χ1) is 8.05. The summed E-state index contributed by atoms with van der Waals surface area (Å²) in [5.41, 5.74) is 0.633. The van der Waals surface area contributed by atoms with Crippen LogP contribution in [0.3, 0.4) is 0 Å². The largest absolute Gasteiger partial charge is 0.407 e. The van der Waals surface area contributed by atoms with Gasteiger partial charge in [-0.25, -0.2) is 0 Å². The predicted molar refractivity (Wildman–Crippen MR) is 77.1 cm³/mol. The SMILES string of the molecule is C/C(C=O)=C\[C@@H](C)[C@@H](C=O)O[Si](C)(C)C(C)(C)C.